The smallest absolute Gasteiger partial charge is 0.0853 e. The second kappa shape index (κ2) is 5.63. The molecule has 20 heavy (non-hydrogen) atoms. The first-order valence-electron chi connectivity index (χ1n) is 7.08. The van der Waals surface area contributed by atoms with Crippen LogP contribution in [0.1, 0.15) is 30.1 Å². The number of nitrogens with zero attached hydrogens (tertiary/aromatic N) is 4. The first-order chi connectivity index (χ1) is 9.76. The predicted octanol–water partition coefficient (Wildman–Crippen LogP) is 1.92. The number of piperidine rings is 1. The predicted molar refractivity (Wildman–Crippen MR) is 77.6 cm³/mol. The van der Waals surface area contributed by atoms with Crippen LogP contribution >= 0.6 is 0 Å². The van der Waals surface area contributed by atoms with E-state index in [-0.39, 0.29) is 6.61 Å². The van der Waals surface area contributed by atoms with E-state index in [0.717, 1.165) is 37.3 Å². The summed E-state index contributed by atoms with van der Waals surface area (Å²) in [7, 11) is 0. The first kappa shape index (κ1) is 13.1. The van der Waals surface area contributed by atoms with Gasteiger partial charge >= 0.3 is 0 Å². The molecule has 1 saturated heterocycles. The van der Waals surface area contributed by atoms with Crippen molar-refractivity contribution in [2.75, 3.05) is 18.0 Å². The van der Waals surface area contributed by atoms with Gasteiger partial charge in [0.15, 0.2) is 0 Å². The molecule has 0 unspecified atom stereocenters. The van der Waals surface area contributed by atoms with E-state index in [4.69, 9.17) is 0 Å². The number of aromatic nitrogens is 3. The maximum Gasteiger partial charge on any atom is 0.0853 e. The topological polar surface area (TPSA) is 54.2 Å². The van der Waals surface area contributed by atoms with Crippen LogP contribution < -0.4 is 4.90 Å². The largest absolute Gasteiger partial charge is 0.390 e. The number of pyridine rings is 1. The third kappa shape index (κ3) is 2.67. The number of rotatable bonds is 3. The highest BCUT2D eigenvalue weighted by Gasteiger charge is 2.22. The zero-order valence-electron chi connectivity index (χ0n) is 11.7. The number of aliphatic hydroxyl groups is 1. The molecule has 5 heteroatoms. The minimum absolute atomic E-state index is 0.0105. The highest BCUT2D eigenvalue weighted by atomic mass is 16.3. The van der Waals surface area contributed by atoms with E-state index in [0.29, 0.717) is 6.04 Å². The van der Waals surface area contributed by atoms with Gasteiger partial charge in [0.05, 0.1) is 24.5 Å². The molecule has 0 amide bonds. The number of hydrogen-bond acceptors (Lipinski definition) is 4. The lowest BCUT2D eigenvalue weighted by Gasteiger charge is -2.34. The van der Waals surface area contributed by atoms with Gasteiger partial charge in [-0.1, -0.05) is 0 Å². The minimum Gasteiger partial charge on any atom is -0.390 e. The van der Waals surface area contributed by atoms with Crippen LogP contribution in [-0.2, 0) is 6.61 Å². The molecule has 0 spiro atoms. The van der Waals surface area contributed by atoms with Crippen molar-refractivity contribution in [2.24, 2.45) is 0 Å². The molecule has 5 nitrogen and oxygen atoms in total. The van der Waals surface area contributed by atoms with E-state index in [2.05, 4.69) is 32.8 Å². The van der Waals surface area contributed by atoms with Crippen molar-refractivity contribution in [3.8, 4) is 0 Å². The average Bonchev–Trinajstić information content (AvgIpc) is 2.94. The van der Waals surface area contributed by atoms with Crippen molar-refractivity contribution in [3.05, 3.63) is 42.0 Å². The van der Waals surface area contributed by atoms with Gasteiger partial charge in [0.1, 0.15) is 0 Å². The third-order valence-electron chi connectivity index (χ3n) is 3.83. The molecule has 3 heterocycles. The number of aryl methyl sites for hydroxylation is 1. The minimum atomic E-state index is -0.0105. The maximum atomic E-state index is 9.20. The fourth-order valence-corrected chi connectivity index (χ4v) is 2.79. The summed E-state index contributed by atoms with van der Waals surface area (Å²) in [5, 5.41) is 13.6. The van der Waals surface area contributed by atoms with Crippen LogP contribution in [0.4, 0.5) is 5.69 Å². The van der Waals surface area contributed by atoms with Gasteiger partial charge in [-0.05, 0) is 37.5 Å². The standard InChI is InChI=1S/C15H20N4O/c1-12-8-17-19(9-12)15-3-2-6-18(10-15)14-4-5-16-13(7-14)11-20/h4-5,7-9,15,20H,2-3,6,10-11H2,1H3/t15-/m0/s1. The Bertz CT molecular complexity index is 581. The van der Waals surface area contributed by atoms with Crippen LogP contribution in [0.15, 0.2) is 30.7 Å². The van der Waals surface area contributed by atoms with Gasteiger partial charge in [-0.2, -0.15) is 5.10 Å². The van der Waals surface area contributed by atoms with Crippen molar-refractivity contribution in [1.29, 1.82) is 0 Å². The molecular weight excluding hydrogens is 252 g/mol. The van der Waals surface area contributed by atoms with E-state index >= 15 is 0 Å². The molecule has 3 rings (SSSR count). The molecule has 1 fully saturated rings. The summed E-state index contributed by atoms with van der Waals surface area (Å²) in [6, 6.07) is 4.40. The Hall–Kier alpha value is -1.88. The van der Waals surface area contributed by atoms with Crippen LogP contribution in [0.5, 0.6) is 0 Å². The van der Waals surface area contributed by atoms with Crippen LogP contribution in [0, 0.1) is 6.92 Å². The van der Waals surface area contributed by atoms with E-state index in [1.165, 1.54) is 5.56 Å². The lowest BCUT2D eigenvalue weighted by Crippen LogP contribution is -2.36. The Labute approximate surface area is 118 Å². The van der Waals surface area contributed by atoms with Crippen LogP contribution in [-0.4, -0.2) is 33.0 Å². The van der Waals surface area contributed by atoms with Crippen molar-refractivity contribution in [1.82, 2.24) is 14.8 Å². The fourth-order valence-electron chi connectivity index (χ4n) is 2.79. The summed E-state index contributed by atoms with van der Waals surface area (Å²) >= 11 is 0. The summed E-state index contributed by atoms with van der Waals surface area (Å²) in [6.45, 7) is 4.06. The molecule has 1 N–H and O–H groups in total. The van der Waals surface area contributed by atoms with Gasteiger partial charge in [0.2, 0.25) is 0 Å². The van der Waals surface area contributed by atoms with E-state index < -0.39 is 0 Å². The zero-order valence-corrected chi connectivity index (χ0v) is 11.7. The second-order valence-electron chi connectivity index (χ2n) is 5.40. The van der Waals surface area contributed by atoms with Gasteiger partial charge in [0.25, 0.3) is 0 Å². The van der Waals surface area contributed by atoms with Gasteiger partial charge in [-0.25, -0.2) is 0 Å². The van der Waals surface area contributed by atoms with E-state index in [9.17, 15) is 5.11 Å². The average molecular weight is 272 g/mol. The molecule has 2 aromatic heterocycles. The van der Waals surface area contributed by atoms with Crippen molar-refractivity contribution in [3.63, 3.8) is 0 Å². The Morgan fingerprint density at radius 3 is 3.10 bits per heavy atom. The summed E-state index contributed by atoms with van der Waals surface area (Å²) in [4.78, 5) is 6.49. The molecule has 2 aromatic rings. The van der Waals surface area contributed by atoms with Gasteiger partial charge in [0, 0.05) is 31.2 Å². The van der Waals surface area contributed by atoms with Crippen LogP contribution in [0.3, 0.4) is 0 Å². The van der Waals surface area contributed by atoms with E-state index in [1.54, 1.807) is 6.20 Å². The Balaban J connectivity index is 1.77. The summed E-state index contributed by atoms with van der Waals surface area (Å²) in [6.07, 6.45) is 8.10. The molecule has 0 aliphatic carbocycles. The second-order valence-corrected chi connectivity index (χ2v) is 5.40. The SMILES string of the molecule is Cc1cnn([C@H]2CCCN(c3ccnc(CO)c3)C2)c1. The molecule has 0 radical (unpaired) electrons. The van der Waals surface area contributed by atoms with Crippen LogP contribution in [0.2, 0.25) is 0 Å². The fraction of sp³-hybridized carbons (Fsp3) is 0.467. The first-order valence-corrected chi connectivity index (χ1v) is 7.08. The Kier molecular flexibility index (Phi) is 3.69. The Morgan fingerprint density at radius 1 is 1.45 bits per heavy atom. The normalized spacial score (nSPS) is 19.3. The molecule has 1 atom stereocenters. The Morgan fingerprint density at radius 2 is 2.35 bits per heavy atom. The summed E-state index contributed by atoms with van der Waals surface area (Å²) in [5.74, 6) is 0. The van der Waals surface area contributed by atoms with Crippen molar-refractivity contribution >= 4 is 5.69 Å². The molecule has 106 valence electrons. The van der Waals surface area contributed by atoms with Gasteiger partial charge in [-0.15, -0.1) is 0 Å². The van der Waals surface area contributed by atoms with Gasteiger partial charge < -0.3 is 10.0 Å². The van der Waals surface area contributed by atoms with Gasteiger partial charge in [-0.3, -0.25) is 9.67 Å². The summed E-state index contributed by atoms with van der Waals surface area (Å²) < 4.78 is 2.08. The molecule has 1 aliphatic rings. The molecule has 0 bridgehead atoms. The number of aliphatic hydroxyl groups excluding tert-OH is 1. The molecule has 0 saturated carbocycles. The molecule has 1 aliphatic heterocycles. The van der Waals surface area contributed by atoms with E-state index in [1.807, 2.05) is 18.3 Å². The highest BCUT2D eigenvalue weighted by Crippen LogP contribution is 2.26. The monoisotopic (exact) mass is 272 g/mol. The third-order valence-corrected chi connectivity index (χ3v) is 3.83. The zero-order chi connectivity index (χ0) is 13.9. The lowest BCUT2D eigenvalue weighted by molar-refractivity contribution is 0.277. The highest BCUT2D eigenvalue weighted by molar-refractivity contribution is 5.47. The van der Waals surface area contributed by atoms with Crippen molar-refractivity contribution in [2.45, 2.75) is 32.4 Å². The molecular formula is C15H20N4O. The number of anilines is 1. The lowest BCUT2D eigenvalue weighted by atomic mass is 10.1. The van der Waals surface area contributed by atoms with Crippen LogP contribution in [0.25, 0.3) is 0 Å². The van der Waals surface area contributed by atoms with Crippen molar-refractivity contribution < 1.29 is 5.11 Å². The maximum absolute atomic E-state index is 9.20. The quantitative estimate of drug-likeness (QED) is 0.927. The summed E-state index contributed by atoms with van der Waals surface area (Å²) in [5.41, 5.74) is 3.06. The number of hydrogen-bond donors (Lipinski definition) is 1. The molecule has 0 aromatic carbocycles.